The molecule has 5 heteroatoms. The van der Waals surface area contributed by atoms with E-state index in [0.717, 1.165) is 12.8 Å². The first-order valence-corrected chi connectivity index (χ1v) is 7.06. The number of carbonyl (C=O) groups excluding carboxylic acids is 2. The second kappa shape index (κ2) is 5.84. The lowest BCUT2D eigenvalue weighted by Gasteiger charge is -2.28. The van der Waals surface area contributed by atoms with Gasteiger partial charge in [0, 0.05) is 6.54 Å². The van der Waals surface area contributed by atoms with Gasteiger partial charge < -0.3 is 9.64 Å². The van der Waals surface area contributed by atoms with E-state index >= 15 is 0 Å². The summed E-state index contributed by atoms with van der Waals surface area (Å²) in [6, 6.07) is 4.27. The fraction of sp³-hybridized carbons (Fsp3) is 0.500. The number of carbonyl (C=O) groups is 2. The van der Waals surface area contributed by atoms with Crippen molar-refractivity contribution in [2.45, 2.75) is 45.3 Å². The number of aldehydes is 1. The molecule has 114 valence electrons. The molecule has 1 aromatic rings. The van der Waals surface area contributed by atoms with Gasteiger partial charge in [0.15, 0.2) is 6.29 Å². The third-order valence-corrected chi connectivity index (χ3v) is 3.42. The molecule has 1 unspecified atom stereocenters. The van der Waals surface area contributed by atoms with Crippen LogP contribution in [0.2, 0.25) is 0 Å². The fourth-order valence-corrected chi connectivity index (χ4v) is 2.50. The van der Waals surface area contributed by atoms with E-state index < -0.39 is 11.4 Å². The van der Waals surface area contributed by atoms with Crippen LogP contribution in [0, 0.1) is 5.82 Å². The highest BCUT2D eigenvalue weighted by Crippen LogP contribution is 2.33. The number of hydrogen-bond donors (Lipinski definition) is 0. The molecular formula is C16H20FNO3. The first-order valence-electron chi connectivity index (χ1n) is 7.06. The van der Waals surface area contributed by atoms with E-state index in [-0.39, 0.29) is 17.7 Å². The normalized spacial score (nSPS) is 18.7. The zero-order valence-corrected chi connectivity index (χ0v) is 12.6. The molecule has 1 atom stereocenters. The molecule has 0 saturated carbocycles. The van der Waals surface area contributed by atoms with Crippen molar-refractivity contribution in [2.24, 2.45) is 0 Å². The van der Waals surface area contributed by atoms with Gasteiger partial charge in [-0.15, -0.1) is 0 Å². The summed E-state index contributed by atoms with van der Waals surface area (Å²) in [6.45, 7) is 6.04. The number of amides is 1. The number of rotatable bonds is 2. The number of ether oxygens (including phenoxy) is 1. The fourth-order valence-electron chi connectivity index (χ4n) is 2.50. The van der Waals surface area contributed by atoms with E-state index in [1.54, 1.807) is 11.0 Å². The van der Waals surface area contributed by atoms with E-state index in [4.69, 9.17) is 4.74 Å². The van der Waals surface area contributed by atoms with Gasteiger partial charge >= 0.3 is 6.09 Å². The van der Waals surface area contributed by atoms with Crippen molar-refractivity contribution in [3.05, 3.63) is 35.1 Å². The van der Waals surface area contributed by atoms with Gasteiger partial charge in [-0.05, 0) is 51.3 Å². The van der Waals surface area contributed by atoms with Gasteiger partial charge in [0.1, 0.15) is 11.4 Å². The zero-order valence-electron chi connectivity index (χ0n) is 12.6. The summed E-state index contributed by atoms with van der Waals surface area (Å²) in [5, 5.41) is 0. The van der Waals surface area contributed by atoms with Gasteiger partial charge in [0.25, 0.3) is 0 Å². The Balaban J connectivity index is 2.20. The molecule has 1 amide bonds. The first-order chi connectivity index (χ1) is 9.81. The Kier molecular flexibility index (Phi) is 4.30. The molecule has 0 aromatic heterocycles. The van der Waals surface area contributed by atoms with Gasteiger partial charge in [0.05, 0.1) is 11.6 Å². The highest BCUT2D eigenvalue weighted by Gasteiger charge is 2.33. The van der Waals surface area contributed by atoms with Crippen molar-refractivity contribution >= 4 is 12.4 Å². The molecule has 1 heterocycles. The van der Waals surface area contributed by atoms with Crippen LogP contribution in [0.1, 0.15) is 55.6 Å². The number of nitrogens with zero attached hydrogens (tertiary/aromatic N) is 1. The molecule has 4 nitrogen and oxygen atoms in total. The monoisotopic (exact) mass is 293 g/mol. The summed E-state index contributed by atoms with van der Waals surface area (Å²) < 4.78 is 19.1. The van der Waals surface area contributed by atoms with E-state index in [2.05, 4.69) is 0 Å². The van der Waals surface area contributed by atoms with Crippen molar-refractivity contribution in [1.29, 1.82) is 0 Å². The molecule has 21 heavy (non-hydrogen) atoms. The Hall–Kier alpha value is -1.91. The van der Waals surface area contributed by atoms with E-state index in [0.29, 0.717) is 18.4 Å². The second-order valence-corrected chi connectivity index (χ2v) is 6.23. The lowest BCUT2D eigenvalue weighted by atomic mass is 10.0. The summed E-state index contributed by atoms with van der Waals surface area (Å²) in [6.07, 6.45) is 1.71. The molecule has 0 aliphatic carbocycles. The van der Waals surface area contributed by atoms with Crippen LogP contribution in [0.25, 0.3) is 0 Å². The van der Waals surface area contributed by atoms with Crippen LogP contribution < -0.4 is 0 Å². The van der Waals surface area contributed by atoms with Gasteiger partial charge in [-0.2, -0.15) is 0 Å². The Labute approximate surface area is 123 Å². The zero-order chi connectivity index (χ0) is 15.6. The standard InChI is InChI=1S/C16H20FNO3/c1-16(2,3)21-15(20)18-8-4-5-14(18)11-6-7-12(10-19)13(17)9-11/h6-7,9-10,14H,4-5,8H2,1-3H3. The van der Waals surface area contributed by atoms with E-state index in [9.17, 15) is 14.0 Å². The maximum absolute atomic E-state index is 13.7. The predicted molar refractivity (Wildman–Crippen MR) is 76.7 cm³/mol. The van der Waals surface area contributed by atoms with Crippen LogP contribution in [0.4, 0.5) is 9.18 Å². The minimum Gasteiger partial charge on any atom is -0.444 e. The molecule has 1 saturated heterocycles. The lowest BCUT2D eigenvalue weighted by Crippen LogP contribution is -2.36. The van der Waals surface area contributed by atoms with E-state index in [1.165, 1.54) is 12.1 Å². The predicted octanol–water partition coefficient (Wildman–Crippen LogP) is 3.71. The SMILES string of the molecule is CC(C)(C)OC(=O)N1CCCC1c1ccc(C=O)c(F)c1. The number of hydrogen-bond acceptors (Lipinski definition) is 3. The van der Waals surface area contributed by atoms with Crippen molar-refractivity contribution in [3.8, 4) is 0 Å². The summed E-state index contributed by atoms with van der Waals surface area (Å²) in [5.74, 6) is -0.557. The van der Waals surface area contributed by atoms with Crippen LogP contribution in [0.15, 0.2) is 18.2 Å². The molecule has 1 aliphatic rings. The Morgan fingerprint density at radius 2 is 2.14 bits per heavy atom. The first kappa shape index (κ1) is 15.5. The topological polar surface area (TPSA) is 46.6 Å². The highest BCUT2D eigenvalue weighted by atomic mass is 19.1. The summed E-state index contributed by atoms with van der Waals surface area (Å²) in [5.41, 5.74) is 0.165. The quantitative estimate of drug-likeness (QED) is 0.781. The van der Waals surface area contributed by atoms with E-state index in [1.807, 2.05) is 20.8 Å². The third kappa shape index (κ3) is 3.60. The maximum atomic E-state index is 13.7. The van der Waals surface area contributed by atoms with Gasteiger partial charge in [-0.3, -0.25) is 4.79 Å². The Bertz CT molecular complexity index is 551. The molecule has 2 rings (SSSR count). The summed E-state index contributed by atoms with van der Waals surface area (Å²) in [4.78, 5) is 24.5. The average Bonchev–Trinajstić information content (AvgIpc) is 2.85. The van der Waals surface area contributed by atoms with Crippen molar-refractivity contribution in [2.75, 3.05) is 6.54 Å². The molecule has 1 fully saturated rings. The third-order valence-electron chi connectivity index (χ3n) is 3.42. The Morgan fingerprint density at radius 1 is 1.43 bits per heavy atom. The van der Waals surface area contributed by atoms with Crippen LogP contribution in [0.5, 0.6) is 0 Å². The van der Waals surface area contributed by atoms with Gasteiger partial charge in [-0.1, -0.05) is 6.07 Å². The van der Waals surface area contributed by atoms with Crippen LogP contribution >= 0.6 is 0 Å². The lowest BCUT2D eigenvalue weighted by molar-refractivity contribution is 0.0224. The minimum absolute atomic E-state index is 0.0283. The van der Waals surface area contributed by atoms with Crippen LogP contribution in [-0.2, 0) is 4.74 Å². The number of likely N-dealkylation sites (tertiary alicyclic amines) is 1. The summed E-state index contributed by atoms with van der Waals surface area (Å²) >= 11 is 0. The molecular weight excluding hydrogens is 273 g/mol. The van der Waals surface area contributed by atoms with Crippen molar-refractivity contribution in [3.63, 3.8) is 0 Å². The summed E-state index contributed by atoms with van der Waals surface area (Å²) in [7, 11) is 0. The van der Waals surface area contributed by atoms with Gasteiger partial charge in [-0.25, -0.2) is 9.18 Å². The second-order valence-electron chi connectivity index (χ2n) is 6.23. The number of halogens is 1. The average molecular weight is 293 g/mol. The molecule has 0 bridgehead atoms. The van der Waals surface area contributed by atoms with Crippen LogP contribution in [-0.4, -0.2) is 29.4 Å². The largest absolute Gasteiger partial charge is 0.444 e. The van der Waals surface area contributed by atoms with Gasteiger partial charge in [0.2, 0.25) is 0 Å². The molecule has 0 radical (unpaired) electrons. The molecule has 1 aliphatic heterocycles. The van der Waals surface area contributed by atoms with Crippen molar-refractivity contribution in [1.82, 2.24) is 4.90 Å². The molecule has 0 spiro atoms. The highest BCUT2D eigenvalue weighted by molar-refractivity contribution is 5.75. The number of benzene rings is 1. The maximum Gasteiger partial charge on any atom is 0.410 e. The molecule has 1 aromatic carbocycles. The Morgan fingerprint density at radius 3 is 2.71 bits per heavy atom. The van der Waals surface area contributed by atoms with Crippen LogP contribution in [0.3, 0.4) is 0 Å². The van der Waals surface area contributed by atoms with Crippen molar-refractivity contribution < 1.29 is 18.7 Å². The molecule has 0 N–H and O–H groups in total. The minimum atomic E-state index is -0.559. The smallest absolute Gasteiger partial charge is 0.410 e.